The largest absolute Gasteiger partial charge is 0.481 e. The highest BCUT2D eigenvalue weighted by Crippen LogP contribution is 2.48. The van der Waals surface area contributed by atoms with Gasteiger partial charge in [-0.05, 0) is 61.8 Å². The van der Waals surface area contributed by atoms with Gasteiger partial charge in [-0.1, -0.05) is 0 Å². The van der Waals surface area contributed by atoms with E-state index in [1.807, 2.05) is 0 Å². The second kappa shape index (κ2) is 6.26. The third kappa shape index (κ3) is 3.51. The molecule has 2 fully saturated rings. The van der Waals surface area contributed by atoms with Crippen LogP contribution in [0.15, 0.2) is 18.2 Å². The number of halogens is 2. The lowest BCUT2D eigenvalue weighted by Gasteiger charge is -2.26. The molecular formula is C17H19F2NO3. The topological polar surface area (TPSA) is 66.4 Å². The third-order valence-electron chi connectivity index (χ3n) is 4.91. The zero-order valence-corrected chi connectivity index (χ0v) is 12.6. The van der Waals surface area contributed by atoms with Crippen molar-refractivity contribution in [2.24, 2.45) is 11.8 Å². The minimum Gasteiger partial charge on any atom is -0.481 e. The molecule has 2 saturated carbocycles. The Bertz CT molecular complexity index is 626. The molecule has 0 spiro atoms. The molecule has 124 valence electrons. The van der Waals surface area contributed by atoms with Crippen LogP contribution in [0.1, 0.15) is 43.6 Å². The molecule has 4 nitrogen and oxygen atoms in total. The summed E-state index contributed by atoms with van der Waals surface area (Å²) in [5.41, 5.74) is 0.264. The zero-order valence-electron chi connectivity index (χ0n) is 12.6. The number of carboxylic acid groups (broad SMARTS) is 1. The second-order valence-corrected chi connectivity index (χ2v) is 6.51. The molecule has 1 aromatic carbocycles. The van der Waals surface area contributed by atoms with Gasteiger partial charge in [-0.15, -0.1) is 0 Å². The van der Waals surface area contributed by atoms with Crippen LogP contribution in [0, 0.1) is 23.5 Å². The molecule has 2 atom stereocenters. The van der Waals surface area contributed by atoms with Crippen molar-refractivity contribution in [3.63, 3.8) is 0 Å². The lowest BCUT2D eigenvalue weighted by molar-refractivity contribution is -0.142. The molecule has 0 heterocycles. The summed E-state index contributed by atoms with van der Waals surface area (Å²) in [6.07, 6.45) is 2.94. The Kier molecular flexibility index (Phi) is 4.33. The van der Waals surface area contributed by atoms with Crippen LogP contribution in [0.3, 0.4) is 0 Å². The van der Waals surface area contributed by atoms with Gasteiger partial charge < -0.3 is 10.4 Å². The van der Waals surface area contributed by atoms with Crippen LogP contribution >= 0.6 is 0 Å². The molecule has 0 saturated heterocycles. The van der Waals surface area contributed by atoms with E-state index in [9.17, 15) is 18.4 Å². The molecule has 0 aliphatic heterocycles. The van der Waals surface area contributed by atoms with Crippen molar-refractivity contribution in [1.29, 1.82) is 0 Å². The zero-order chi connectivity index (χ0) is 16.6. The summed E-state index contributed by atoms with van der Waals surface area (Å²) >= 11 is 0. The number of amides is 1. The van der Waals surface area contributed by atoms with Gasteiger partial charge in [-0.25, -0.2) is 8.78 Å². The number of aliphatic carboxylic acids is 1. The van der Waals surface area contributed by atoms with E-state index < -0.39 is 17.6 Å². The molecule has 1 amide bonds. The van der Waals surface area contributed by atoms with Crippen molar-refractivity contribution in [3.8, 4) is 0 Å². The number of nitrogens with one attached hydrogen (secondary N) is 1. The van der Waals surface area contributed by atoms with Crippen molar-refractivity contribution >= 4 is 11.9 Å². The molecule has 0 unspecified atom stereocenters. The number of benzene rings is 1. The van der Waals surface area contributed by atoms with Crippen LogP contribution in [0.4, 0.5) is 8.78 Å². The predicted molar refractivity (Wildman–Crippen MR) is 78.7 cm³/mol. The molecule has 0 aromatic heterocycles. The Morgan fingerprint density at radius 1 is 1.13 bits per heavy atom. The summed E-state index contributed by atoms with van der Waals surface area (Å²) in [6, 6.07) is 3.30. The molecule has 0 radical (unpaired) electrons. The van der Waals surface area contributed by atoms with Gasteiger partial charge in [0.2, 0.25) is 5.91 Å². The first-order valence-corrected chi connectivity index (χ1v) is 7.94. The molecule has 23 heavy (non-hydrogen) atoms. The van der Waals surface area contributed by atoms with Crippen molar-refractivity contribution in [2.45, 2.75) is 44.1 Å². The maximum Gasteiger partial charge on any atom is 0.306 e. The average Bonchev–Trinajstić information content (AvgIpc) is 3.31. The molecule has 0 bridgehead atoms. The molecule has 6 heteroatoms. The number of hydrogen-bond acceptors (Lipinski definition) is 2. The number of hydrogen-bond donors (Lipinski definition) is 2. The summed E-state index contributed by atoms with van der Waals surface area (Å²) in [5, 5.41) is 11.9. The van der Waals surface area contributed by atoms with Crippen LogP contribution in [-0.2, 0) is 9.59 Å². The third-order valence-corrected chi connectivity index (χ3v) is 4.91. The van der Waals surface area contributed by atoms with E-state index >= 15 is 0 Å². The summed E-state index contributed by atoms with van der Waals surface area (Å²) < 4.78 is 26.9. The molecule has 2 aliphatic rings. The van der Waals surface area contributed by atoms with Gasteiger partial charge in [-0.2, -0.15) is 0 Å². The van der Waals surface area contributed by atoms with Gasteiger partial charge in [-0.3, -0.25) is 9.59 Å². The van der Waals surface area contributed by atoms with E-state index in [0.29, 0.717) is 32.1 Å². The molecule has 3 rings (SSSR count). The maximum absolute atomic E-state index is 13.7. The fourth-order valence-electron chi connectivity index (χ4n) is 3.42. The van der Waals surface area contributed by atoms with E-state index in [2.05, 4.69) is 5.32 Å². The highest BCUT2D eigenvalue weighted by molar-refractivity contribution is 5.83. The molecule has 2 N–H and O–H groups in total. The minimum absolute atomic E-state index is 0.0169. The molecular weight excluding hydrogens is 304 g/mol. The Labute approximate surface area is 132 Å². The fraction of sp³-hybridized carbons (Fsp3) is 0.529. The quantitative estimate of drug-likeness (QED) is 0.895. The maximum atomic E-state index is 13.7. The van der Waals surface area contributed by atoms with E-state index in [-0.39, 0.29) is 35.3 Å². The molecule has 1 aromatic rings. The average molecular weight is 323 g/mol. The summed E-state index contributed by atoms with van der Waals surface area (Å²) in [7, 11) is 0. The van der Waals surface area contributed by atoms with E-state index in [4.69, 9.17) is 5.11 Å². The van der Waals surface area contributed by atoms with E-state index in [1.54, 1.807) is 0 Å². The summed E-state index contributed by atoms with van der Waals surface area (Å²) in [4.78, 5) is 23.1. The lowest BCUT2D eigenvalue weighted by Crippen LogP contribution is -2.39. The lowest BCUT2D eigenvalue weighted by atomic mass is 9.86. The van der Waals surface area contributed by atoms with Gasteiger partial charge >= 0.3 is 5.97 Å². The van der Waals surface area contributed by atoms with Crippen LogP contribution in [0.25, 0.3) is 0 Å². The highest BCUT2D eigenvalue weighted by atomic mass is 19.1. The van der Waals surface area contributed by atoms with E-state index in [1.165, 1.54) is 0 Å². The fourth-order valence-corrected chi connectivity index (χ4v) is 3.42. The van der Waals surface area contributed by atoms with Crippen molar-refractivity contribution in [3.05, 3.63) is 35.4 Å². The standard InChI is InChI=1S/C17H19F2NO3/c18-10-3-6-15(19)13(7-10)12-8-14(12)16(21)20-11-4-1-9(2-5-11)17(22)23/h3,6-7,9,11-12,14H,1-2,4-5,8H2,(H,20,21)(H,22,23)/t9?,11?,12-,14-/m1/s1. The van der Waals surface area contributed by atoms with Gasteiger partial charge in [0.05, 0.1) is 5.92 Å². The van der Waals surface area contributed by atoms with Crippen LogP contribution < -0.4 is 5.32 Å². The Morgan fingerprint density at radius 2 is 1.83 bits per heavy atom. The monoisotopic (exact) mass is 323 g/mol. The summed E-state index contributed by atoms with van der Waals surface area (Å²) in [5.74, 6) is -2.80. The summed E-state index contributed by atoms with van der Waals surface area (Å²) in [6.45, 7) is 0. The van der Waals surface area contributed by atoms with Crippen LogP contribution in [0.5, 0.6) is 0 Å². The van der Waals surface area contributed by atoms with Gasteiger partial charge in [0.25, 0.3) is 0 Å². The Balaban J connectivity index is 1.53. The number of carbonyl (C=O) groups excluding carboxylic acids is 1. The first-order valence-electron chi connectivity index (χ1n) is 7.94. The number of carbonyl (C=O) groups is 2. The van der Waals surface area contributed by atoms with Crippen molar-refractivity contribution in [2.75, 3.05) is 0 Å². The Hall–Kier alpha value is -1.98. The van der Waals surface area contributed by atoms with Crippen molar-refractivity contribution < 1.29 is 23.5 Å². The van der Waals surface area contributed by atoms with Gasteiger partial charge in [0, 0.05) is 12.0 Å². The number of rotatable bonds is 4. The SMILES string of the molecule is O=C(O)C1CCC(NC(=O)[C@@H]2C[C@@H]2c2cc(F)ccc2F)CC1. The first kappa shape index (κ1) is 15.9. The van der Waals surface area contributed by atoms with Crippen molar-refractivity contribution in [1.82, 2.24) is 5.32 Å². The predicted octanol–water partition coefficient (Wildman–Crippen LogP) is 2.83. The highest BCUT2D eigenvalue weighted by Gasteiger charge is 2.46. The van der Waals surface area contributed by atoms with Gasteiger partial charge in [0.15, 0.2) is 0 Å². The molecule has 2 aliphatic carbocycles. The Morgan fingerprint density at radius 3 is 2.48 bits per heavy atom. The van der Waals surface area contributed by atoms with Crippen LogP contribution in [-0.4, -0.2) is 23.0 Å². The normalized spacial score (nSPS) is 29.8. The first-order chi connectivity index (χ1) is 11.0. The minimum atomic E-state index is -0.779. The second-order valence-electron chi connectivity index (χ2n) is 6.51. The number of carboxylic acids is 1. The van der Waals surface area contributed by atoms with Gasteiger partial charge in [0.1, 0.15) is 11.6 Å². The van der Waals surface area contributed by atoms with E-state index in [0.717, 1.165) is 18.2 Å². The van der Waals surface area contributed by atoms with Crippen LogP contribution in [0.2, 0.25) is 0 Å². The smallest absolute Gasteiger partial charge is 0.306 e.